The molecule has 2 amide bonds. The van der Waals surface area contributed by atoms with Gasteiger partial charge in [-0.1, -0.05) is 54.1 Å². The predicted octanol–water partition coefficient (Wildman–Crippen LogP) is 5.70. The summed E-state index contributed by atoms with van der Waals surface area (Å²) in [7, 11) is 0. The van der Waals surface area contributed by atoms with Crippen molar-refractivity contribution in [1.82, 2.24) is 10.3 Å². The van der Waals surface area contributed by atoms with Crippen molar-refractivity contribution in [3.8, 4) is 0 Å². The van der Waals surface area contributed by atoms with E-state index in [1.165, 1.54) is 6.08 Å². The third kappa shape index (κ3) is 7.19. The molecule has 0 atom stereocenters. The zero-order valence-electron chi connectivity index (χ0n) is 20.2. The summed E-state index contributed by atoms with van der Waals surface area (Å²) < 4.78 is 0. The second-order valence-electron chi connectivity index (χ2n) is 8.30. The number of aromatic nitrogens is 1. The number of ketones is 1. The van der Waals surface area contributed by atoms with Gasteiger partial charge in [0.1, 0.15) is 5.70 Å². The lowest BCUT2D eigenvalue weighted by atomic mass is 10.1. The molecule has 0 unspecified atom stereocenters. The lowest BCUT2D eigenvalue weighted by Crippen LogP contribution is -2.30. The van der Waals surface area contributed by atoms with Gasteiger partial charge >= 0.3 is 0 Å². The number of carbonyl (C=O) groups is 3. The van der Waals surface area contributed by atoms with Gasteiger partial charge < -0.3 is 10.6 Å². The number of hydrogen-bond acceptors (Lipinski definition) is 4. The van der Waals surface area contributed by atoms with Crippen LogP contribution in [0.5, 0.6) is 0 Å². The Morgan fingerprint density at radius 1 is 0.757 bits per heavy atom. The zero-order chi connectivity index (χ0) is 26.0. The van der Waals surface area contributed by atoms with Crippen LogP contribution in [0.2, 0.25) is 0 Å². The minimum Gasteiger partial charge on any atom is -0.321 e. The number of carbonyl (C=O) groups excluding carboxylic acids is 3. The Labute approximate surface area is 215 Å². The van der Waals surface area contributed by atoms with Gasteiger partial charge in [-0.05, 0) is 78.7 Å². The SMILES string of the molecule is Cc1ccc(/C=C(\NC(=O)c2ccccc2)C(=O)Nc2ccc(C(=O)/C=C/c3cccnc3)cc2)cc1. The van der Waals surface area contributed by atoms with Gasteiger partial charge in [0.2, 0.25) is 0 Å². The fraction of sp³-hybridized carbons (Fsp3) is 0.0323. The molecule has 4 rings (SSSR count). The highest BCUT2D eigenvalue weighted by molar-refractivity contribution is 6.11. The Morgan fingerprint density at radius 2 is 1.49 bits per heavy atom. The predicted molar refractivity (Wildman–Crippen MR) is 146 cm³/mol. The smallest absolute Gasteiger partial charge is 0.272 e. The Kier molecular flexibility index (Phi) is 8.14. The third-order valence-electron chi connectivity index (χ3n) is 5.46. The van der Waals surface area contributed by atoms with Gasteiger partial charge in [0.15, 0.2) is 5.78 Å². The lowest BCUT2D eigenvalue weighted by molar-refractivity contribution is -0.113. The Balaban J connectivity index is 1.49. The van der Waals surface area contributed by atoms with Crippen LogP contribution in [0.15, 0.2) is 115 Å². The molecule has 37 heavy (non-hydrogen) atoms. The Morgan fingerprint density at radius 3 is 2.16 bits per heavy atom. The molecule has 1 aromatic heterocycles. The molecule has 0 radical (unpaired) electrons. The molecule has 2 N–H and O–H groups in total. The van der Waals surface area contributed by atoms with Crippen LogP contribution in [-0.2, 0) is 4.79 Å². The summed E-state index contributed by atoms with van der Waals surface area (Å²) in [4.78, 5) is 42.4. The number of allylic oxidation sites excluding steroid dienone is 1. The molecule has 0 aliphatic carbocycles. The van der Waals surface area contributed by atoms with Crippen LogP contribution < -0.4 is 10.6 Å². The Bertz CT molecular complexity index is 1440. The number of pyridine rings is 1. The molecular formula is C31H25N3O3. The molecule has 0 saturated heterocycles. The molecule has 3 aromatic carbocycles. The molecule has 0 aliphatic rings. The van der Waals surface area contributed by atoms with E-state index >= 15 is 0 Å². The number of nitrogens with zero attached hydrogens (tertiary/aromatic N) is 1. The zero-order valence-corrected chi connectivity index (χ0v) is 20.2. The van der Waals surface area contributed by atoms with E-state index in [1.54, 1.807) is 79.1 Å². The quantitative estimate of drug-likeness (QED) is 0.247. The molecule has 0 saturated carbocycles. The summed E-state index contributed by atoms with van der Waals surface area (Å²) >= 11 is 0. The number of aryl methyl sites for hydroxylation is 1. The van der Waals surface area contributed by atoms with Crippen LogP contribution in [0.4, 0.5) is 5.69 Å². The van der Waals surface area contributed by atoms with Gasteiger partial charge in [-0.25, -0.2) is 0 Å². The second kappa shape index (κ2) is 12.0. The molecule has 4 aromatic rings. The van der Waals surface area contributed by atoms with Crippen molar-refractivity contribution in [3.05, 3.63) is 143 Å². The van der Waals surface area contributed by atoms with Crippen LogP contribution in [-0.4, -0.2) is 22.6 Å². The number of hydrogen-bond donors (Lipinski definition) is 2. The second-order valence-corrected chi connectivity index (χ2v) is 8.30. The van der Waals surface area contributed by atoms with Crippen molar-refractivity contribution >= 4 is 35.4 Å². The molecule has 0 spiro atoms. The largest absolute Gasteiger partial charge is 0.321 e. The molecule has 1 heterocycles. The minimum absolute atomic E-state index is 0.0947. The van der Waals surface area contributed by atoms with Gasteiger partial charge in [-0.3, -0.25) is 19.4 Å². The average Bonchev–Trinajstić information content (AvgIpc) is 2.94. The van der Waals surface area contributed by atoms with Crippen molar-refractivity contribution in [2.75, 3.05) is 5.32 Å². The summed E-state index contributed by atoms with van der Waals surface area (Å²) in [6.45, 7) is 1.97. The molecule has 6 heteroatoms. The summed E-state index contributed by atoms with van der Waals surface area (Å²) in [5.74, 6) is -1.05. The van der Waals surface area contributed by atoms with E-state index in [0.717, 1.165) is 16.7 Å². The maximum absolute atomic E-state index is 13.2. The average molecular weight is 488 g/mol. The van der Waals surface area contributed by atoms with Gasteiger partial charge in [0, 0.05) is 29.2 Å². The van der Waals surface area contributed by atoms with E-state index < -0.39 is 11.8 Å². The highest BCUT2D eigenvalue weighted by Crippen LogP contribution is 2.14. The molecule has 0 bridgehead atoms. The number of anilines is 1. The first-order chi connectivity index (χ1) is 18.0. The van der Waals surface area contributed by atoms with Crippen LogP contribution >= 0.6 is 0 Å². The van der Waals surface area contributed by atoms with Gasteiger partial charge in [0.05, 0.1) is 0 Å². The molecule has 0 aliphatic heterocycles. The van der Waals surface area contributed by atoms with E-state index in [9.17, 15) is 14.4 Å². The molecule has 6 nitrogen and oxygen atoms in total. The van der Waals surface area contributed by atoms with Crippen molar-refractivity contribution in [2.24, 2.45) is 0 Å². The lowest BCUT2D eigenvalue weighted by Gasteiger charge is -2.12. The van der Waals surface area contributed by atoms with Crippen LogP contribution in [0.1, 0.15) is 37.4 Å². The topological polar surface area (TPSA) is 88.2 Å². The van der Waals surface area contributed by atoms with Crippen molar-refractivity contribution < 1.29 is 14.4 Å². The van der Waals surface area contributed by atoms with Crippen molar-refractivity contribution in [2.45, 2.75) is 6.92 Å². The van der Waals surface area contributed by atoms with Crippen molar-refractivity contribution in [3.63, 3.8) is 0 Å². The van der Waals surface area contributed by atoms with Crippen LogP contribution in [0.3, 0.4) is 0 Å². The normalized spacial score (nSPS) is 11.2. The summed E-state index contributed by atoms with van der Waals surface area (Å²) in [6, 6.07) is 26.5. The summed E-state index contributed by atoms with van der Waals surface area (Å²) in [6.07, 6.45) is 8.13. The standard InChI is InChI=1S/C31H25N3O3/c1-22-9-11-23(12-10-22)20-28(34-30(36)26-7-3-2-4-8-26)31(37)33-27-16-14-25(15-17-27)29(35)18-13-24-6-5-19-32-21-24/h2-21H,1H3,(H,33,37)(H,34,36)/b18-13+,28-20-. The first-order valence-electron chi connectivity index (χ1n) is 11.7. The fourth-order valence-corrected chi connectivity index (χ4v) is 3.43. The first-order valence-corrected chi connectivity index (χ1v) is 11.7. The number of nitrogens with one attached hydrogen (secondary N) is 2. The van der Waals surface area contributed by atoms with Crippen LogP contribution in [0, 0.1) is 6.92 Å². The van der Waals surface area contributed by atoms with Gasteiger partial charge in [-0.2, -0.15) is 0 Å². The number of benzene rings is 3. The maximum atomic E-state index is 13.2. The van der Waals surface area contributed by atoms with Gasteiger partial charge in [0.25, 0.3) is 11.8 Å². The van der Waals surface area contributed by atoms with Crippen LogP contribution in [0.25, 0.3) is 12.2 Å². The maximum Gasteiger partial charge on any atom is 0.272 e. The highest BCUT2D eigenvalue weighted by atomic mass is 16.2. The highest BCUT2D eigenvalue weighted by Gasteiger charge is 2.15. The molecule has 0 fully saturated rings. The first kappa shape index (κ1) is 25.0. The minimum atomic E-state index is -0.486. The van der Waals surface area contributed by atoms with E-state index in [2.05, 4.69) is 15.6 Å². The number of amides is 2. The van der Waals surface area contributed by atoms with Crippen molar-refractivity contribution in [1.29, 1.82) is 0 Å². The molecular weight excluding hydrogens is 462 g/mol. The number of rotatable bonds is 8. The fourth-order valence-electron chi connectivity index (χ4n) is 3.43. The van der Waals surface area contributed by atoms with E-state index in [0.29, 0.717) is 16.8 Å². The summed E-state index contributed by atoms with van der Waals surface area (Å²) in [5, 5.41) is 5.52. The summed E-state index contributed by atoms with van der Waals surface area (Å²) in [5.41, 5.74) is 4.18. The van der Waals surface area contributed by atoms with E-state index in [4.69, 9.17) is 0 Å². The van der Waals surface area contributed by atoms with Gasteiger partial charge in [-0.15, -0.1) is 0 Å². The Hall–Kier alpha value is -5.10. The molecule has 182 valence electrons. The monoisotopic (exact) mass is 487 g/mol. The van der Waals surface area contributed by atoms with E-state index in [1.807, 2.05) is 43.3 Å². The third-order valence-corrected chi connectivity index (χ3v) is 5.46. The van der Waals surface area contributed by atoms with E-state index in [-0.39, 0.29) is 11.5 Å².